The zero-order chi connectivity index (χ0) is 38.0. The molecule has 0 fully saturated rings. The Morgan fingerprint density at radius 2 is 0.719 bits per heavy atom. The van der Waals surface area contributed by atoms with Crippen LogP contribution in [0.15, 0.2) is 223 Å². The fourth-order valence-corrected chi connectivity index (χ4v) is 7.73. The maximum atomic E-state index is 6.25. The molecule has 3 nitrogen and oxygen atoms in total. The van der Waals surface area contributed by atoms with Crippen molar-refractivity contribution in [3.8, 4) is 45.0 Å². The average Bonchev–Trinajstić information content (AvgIpc) is 3.67. The summed E-state index contributed by atoms with van der Waals surface area (Å²) in [5.74, 6) is 0.681. The highest BCUT2D eigenvalue weighted by atomic mass is 16.3. The molecule has 10 aromatic rings. The van der Waals surface area contributed by atoms with Crippen molar-refractivity contribution < 1.29 is 4.42 Å². The molecular weight excluding hydrogens is 693 g/mol. The number of fused-ring (bicyclic) bond motifs is 3. The zero-order valence-corrected chi connectivity index (χ0v) is 31.1. The predicted molar refractivity (Wildman–Crippen MR) is 235 cm³/mol. The molecule has 268 valence electrons. The number of nitrogens with zero attached hydrogens (tertiary/aromatic N) is 2. The summed E-state index contributed by atoms with van der Waals surface area (Å²) >= 11 is 0. The molecule has 3 heteroatoms. The van der Waals surface area contributed by atoms with Crippen molar-refractivity contribution in [2.75, 3.05) is 0 Å². The molecule has 57 heavy (non-hydrogen) atoms. The first kappa shape index (κ1) is 33.9. The average molecular weight is 729 g/mol. The SMILES string of the molecule is c1ccc(C(=C(c2ccccc2)c2ccc(-c3ccc(-c4cc(-c5ccc6c(c5)oc5ccccc56)nc(-c5ccccc5)n4)cc3)cc2)c2ccccc2)cc1. The monoisotopic (exact) mass is 728 g/mol. The smallest absolute Gasteiger partial charge is 0.160 e. The van der Waals surface area contributed by atoms with Crippen molar-refractivity contribution in [2.24, 2.45) is 0 Å². The van der Waals surface area contributed by atoms with Crippen LogP contribution in [0, 0.1) is 0 Å². The molecule has 0 amide bonds. The Morgan fingerprint density at radius 1 is 0.298 bits per heavy atom. The van der Waals surface area contributed by atoms with Gasteiger partial charge in [-0.2, -0.15) is 0 Å². The Hall–Kier alpha value is -7.62. The maximum Gasteiger partial charge on any atom is 0.160 e. The number of furan rings is 1. The number of hydrogen-bond acceptors (Lipinski definition) is 3. The molecule has 0 radical (unpaired) electrons. The third-order valence-corrected chi connectivity index (χ3v) is 10.6. The normalized spacial score (nSPS) is 11.2. The summed E-state index contributed by atoms with van der Waals surface area (Å²) in [5.41, 5.74) is 15.8. The summed E-state index contributed by atoms with van der Waals surface area (Å²) in [6.07, 6.45) is 0. The Balaban J connectivity index is 1.02. The van der Waals surface area contributed by atoms with Gasteiger partial charge in [-0.25, -0.2) is 9.97 Å². The fourth-order valence-electron chi connectivity index (χ4n) is 7.73. The summed E-state index contributed by atoms with van der Waals surface area (Å²) in [6, 6.07) is 76.5. The molecule has 0 aliphatic rings. The van der Waals surface area contributed by atoms with E-state index in [-0.39, 0.29) is 0 Å². The van der Waals surface area contributed by atoms with E-state index >= 15 is 0 Å². The van der Waals surface area contributed by atoms with Gasteiger partial charge in [0, 0.05) is 27.5 Å². The lowest BCUT2D eigenvalue weighted by Gasteiger charge is -2.18. The van der Waals surface area contributed by atoms with Crippen molar-refractivity contribution in [1.29, 1.82) is 0 Å². The molecule has 0 aliphatic heterocycles. The number of aromatic nitrogens is 2. The van der Waals surface area contributed by atoms with Gasteiger partial charge >= 0.3 is 0 Å². The molecule has 0 atom stereocenters. The van der Waals surface area contributed by atoms with Crippen LogP contribution in [-0.2, 0) is 0 Å². The quantitative estimate of drug-likeness (QED) is 0.146. The topological polar surface area (TPSA) is 38.9 Å². The van der Waals surface area contributed by atoms with Gasteiger partial charge in [0.1, 0.15) is 11.2 Å². The van der Waals surface area contributed by atoms with Crippen molar-refractivity contribution in [3.05, 3.63) is 241 Å². The van der Waals surface area contributed by atoms with E-state index in [2.05, 4.69) is 182 Å². The van der Waals surface area contributed by atoms with Gasteiger partial charge in [0.05, 0.1) is 11.4 Å². The van der Waals surface area contributed by atoms with E-state index in [0.29, 0.717) is 5.82 Å². The molecule has 2 heterocycles. The summed E-state index contributed by atoms with van der Waals surface area (Å²) in [7, 11) is 0. The molecule has 0 saturated carbocycles. The van der Waals surface area contributed by atoms with Crippen LogP contribution in [0.1, 0.15) is 22.3 Å². The van der Waals surface area contributed by atoms with Crippen LogP contribution in [0.5, 0.6) is 0 Å². The Bertz CT molecular complexity index is 2960. The van der Waals surface area contributed by atoms with Crippen molar-refractivity contribution >= 4 is 33.1 Å². The summed E-state index contributed by atoms with van der Waals surface area (Å²) in [5, 5.41) is 2.20. The molecule has 2 aromatic heterocycles. The highest BCUT2D eigenvalue weighted by molar-refractivity contribution is 6.06. The van der Waals surface area contributed by atoms with Crippen LogP contribution in [0.3, 0.4) is 0 Å². The molecular formula is C54H36N2O. The Kier molecular flexibility index (Phi) is 8.86. The lowest BCUT2D eigenvalue weighted by molar-refractivity contribution is 0.669. The van der Waals surface area contributed by atoms with Gasteiger partial charge in [-0.05, 0) is 68.8 Å². The van der Waals surface area contributed by atoms with Crippen LogP contribution >= 0.6 is 0 Å². The minimum atomic E-state index is 0.681. The standard InChI is InChI=1S/C54H36N2O/c1-5-15-40(16-6-1)52(41-17-7-2-8-18-41)53(42-19-9-3-10-20-42)43-31-27-38(28-32-43)37-25-29-39(30-26-37)48-36-49(56-54(55-48)44-21-11-4-12-22-44)45-33-34-47-46-23-13-14-24-50(46)57-51(47)35-45/h1-36H. The molecule has 0 bridgehead atoms. The molecule has 0 N–H and O–H groups in total. The van der Waals surface area contributed by atoms with E-state index in [0.717, 1.165) is 66.7 Å². The number of para-hydroxylation sites is 1. The Labute approximate surface area is 331 Å². The fraction of sp³-hybridized carbons (Fsp3) is 0. The summed E-state index contributed by atoms with van der Waals surface area (Å²) < 4.78 is 6.25. The van der Waals surface area contributed by atoms with Gasteiger partial charge in [-0.1, -0.05) is 194 Å². The minimum absolute atomic E-state index is 0.681. The van der Waals surface area contributed by atoms with E-state index in [1.807, 2.05) is 36.4 Å². The largest absolute Gasteiger partial charge is 0.456 e. The van der Waals surface area contributed by atoms with Gasteiger partial charge < -0.3 is 4.42 Å². The summed E-state index contributed by atoms with van der Waals surface area (Å²) in [6.45, 7) is 0. The number of benzene rings is 8. The van der Waals surface area contributed by atoms with Gasteiger partial charge in [0.2, 0.25) is 0 Å². The van der Waals surface area contributed by atoms with Gasteiger partial charge in [0.15, 0.2) is 5.82 Å². The first-order valence-corrected chi connectivity index (χ1v) is 19.2. The second-order valence-corrected chi connectivity index (χ2v) is 14.1. The third-order valence-electron chi connectivity index (χ3n) is 10.6. The lowest BCUT2D eigenvalue weighted by atomic mass is 9.85. The highest BCUT2D eigenvalue weighted by Crippen LogP contribution is 2.38. The zero-order valence-electron chi connectivity index (χ0n) is 31.1. The van der Waals surface area contributed by atoms with E-state index in [1.165, 1.54) is 27.8 Å². The van der Waals surface area contributed by atoms with E-state index in [9.17, 15) is 0 Å². The molecule has 0 saturated heterocycles. The van der Waals surface area contributed by atoms with Crippen molar-refractivity contribution in [1.82, 2.24) is 9.97 Å². The maximum absolute atomic E-state index is 6.25. The number of rotatable bonds is 8. The van der Waals surface area contributed by atoms with Crippen LogP contribution in [0.2, 0.25) is 0 Å². The first-order chi connectivity index (χ1) is 28.2. The van der Waals surface area contributed by atoms with Crippen molar-refractivity contribution in [3.63, 3.8) is 0 Å². The van der Waals surface area contributed by atoms with Crippen LogP contribution in [-0.4, -0.2) is 9.97 Å². The second kappa shape index (κ2) is 14.9. The second-order valence-electron chi connectivity index (χ2n) is 14.1. The molecule has 0 unspecified atom stereocenters. The van der Waals surface area contributed by atoms with Crippen LogP contribution in [0.25, 0.3) is 78.1 Å². The Morgan fingerprint density at radius 3 is 1.30 bits per heavy atom. The van der Waals surface area contributed by atoms with E-state index < -0.39 is 0 Å². The number of hydrogen-bond donors (Lipinski definition) is 0. The van der Waals surface area contributed by atoms with Gasteiger partial charge in [0.25, 0.3) is 0 Å². The van der Waals surface area contributed by atoms with Crippen LogP contribution in [0.4, 0.5) is 0 Å². The summed E-state index contributed by atoms with van der Waals surface area (Å²) in [4.78, 5) is 10.1. The highest BCUT2D eigenvalue weighted by Gasteiger charge is 2.17. The molecule has 0 aliphatic carbocycles. The van der Waals surface area contributed by atoms with Crippen LogP contribution < -0.4 is 0 Å². The lowest BCUT2D eigenvalue weighted by Crippen LogP contribution is -1.97. The first-order valence-electron chi connectivity index (χ1n) is 19.2. The molecule has 10 rings (SSSR count). The van der Waals surface area contributed by atoms with Crippen molar-refractivity contribution in [2.45, 2.75) is 0 Å². The molecule has 0 spiro atoms. The molecule has 8 aromatic carbocycles. The minimum Gasteiger partial charge on any atom is -0.456 e. The van der Waals surface area contributed by atoms with E-state index in [1.54, 1.807) is 0 Å². The van der Waals surface area contributed by atoms with E-state index in [4.69, 9.17) is 14.4 Å². The third kappa shape index (κ3) is 6.73. The predicted octanol–water partition coefficient (Wildman–Crippen LogP) is 14.1. The van der Waals surface area contributed by atoms with Gasteiger partial charge in [-0.3, -0.25) is 0 Å². The van der Waals surface area contributed by atoms with Gasteiger partial charge in [-0.15, -0.1) is 0 Å².